The first-order valence-corrected chi connectivity index (χ1v) is 12.1. The van der Waals surface area contributed by atoms with E-state index in [9.17, 15) is 9.90 Å². The number of aliphatic carboxylic acids is 1. The first kappa shape index (κ1) is 23.4. The third-order valence-corrected chi connectivity index (χ3v) is 7.21. The Morgan fingerprint density at radius 3 is 2.16 bits per heavy atom. The second-order valence-electron chi connectivity index (χ2n) is 8.80. The van der Waals surface area contributed by atoms with Crippen LogP contribution in [0.3, 0.4) is 0 Å². The molecule has 2 aromatic rings. The second-order valence-corrected chi connectivity index (χ2v) is 9.61. The van der Waals surface area contributed by atoms with Crippen molar-refractivity contribution in [2.45, 2.75) is 37.8 Å². The monoisotopic (exact) mass is 476 g/mol. The van der Waals surface area contributed by atoms with Crippen molar-refractivity contribution < 1.29 is 14.6 Å². The van der Waals surface area contributed by atoms with Gasteiger partial charge >= 0.3 is 5.97 Å². The van der Waals surface area contributed by atoms with Crippen molar-refractivity contribution in [3.05, 3.63) is 64.1 Å². The molecule has 5 nitrogen and oxygen atoms in total. The molecule has 0 saturated carbocycles. The van der Waals surface area contributed by atoms with E-state index in [1.807, 2.05) is 36.4 Å². The van der Waals surface area contributed by atoms with E-state index < -0.39 is 12.0 Å². The first-order valence-electron chi connectivity index (χ1n) is 11.4. The molecule has 32 heavy (non-hydrogen) atoms. The summed E-state index contributed by atoms with van der Waals surface area (Å²) in [6.45, 7) is 4.70. The predicted molar refractivity (Wildman–Crippen MR) is 128 cm³/mol. The Morgan fingerprint density at radius 1 is 0.938 bits per heavy atom. The number of nitrogens with zero attached hydrogens (tertiary/aromatic N) is 2. The molecule has 0 spiro atoms. The normalized spacial score (nSPS) is 20.2. The van der Waals surface area contributed by atoms with Gasteiger partial charge in [-0.15, -0.1) is 0 Å². The van der Waals surface area contributed by atoms with Crippen molar-refractivity contribution in [2.75, 3.05) is 32.7 Å². The molecule has 2 aliphatic heterocycles. The van der Waals surface area contributed by atoms with Crippen molar-refractivity contribution in [3.8, 4) is 5.75 Å². The number of likely N-dealkylation sites (tertiary alicyclic amines) is 2. The third kappa shape index (κ3) is 5.76. The maximum Gasteiger partial charge on any atom is 0.325 e. The van der Waals surface area contributed by atoms with Crippen molar-refractivity contribution in [1.82, 2.24) is 9.80 Å². The summed E-state index contributed by atoms with van der Waals surface area (Å²) in [5.74, 6) is 0.426. The first-order chi connectivity index (χ1) is 15.5. The summed E-state index contributed by atoms with van der Waals surface area (Å²) in [5, 5.41) is 10.9. The lowest BCUT2D eigenvalue weighted by Gasteiger charge is -2.39. The van der Waals surface area contributed by atoms with Crippen molar-refractivity contribution in [1.29, 1.82) is 0 Å². The summed E-state index contributed by atoms with van der Waals surface area (Å²) in [7, 11) is 0. The van der Waals surface area contributed by atoms with Crippen LogP contribution in [-0.2, 0) is 4.79 Å². The highest BCUT2D eigenvalue weighted by molar-refractivity contribution is 6.37. The molecule has 1 atom stereocenters. The van der Waals surface area contributed by atoms with Crippen LogP contribution in [0, 0.1) is 5.92 Å². The minimum atomic E-state index is -0.768. The molecule has 1 N–H and O–H groups in total. The fourth-order valence-electron chi connectivity index (χ4n) is 4.88. The van der Waals surface area contributed by atoms with Crippen LogP contribution in [0.2, 0.25) is 10.0 Å². The summed E-state index contributed by atoms with van der Waals surface area (Å²) >= 11 is 12.5. The lowest BCUT2D eigenvalue weighted by molar-refractivity contribution is -0.144. The smallest absolute Gasteiger partial charge is 0.325 e. The number of piperidine rings is 2. The number of benzene rings is 2. The summed E-state index contributed by atoms with van der Waals surface area (Å²) in [6.07, 6.45) is 4.10. The number of carboxylic acid groups (broad SMARTS) is 1. The molecule has 0 radical (unpaired) electrons. The van der Waals surface area contributed by atoms with Crippen molar-refractivity contribution in [2.24, 2.45) is 5.92 Å². The van der Waals surface area contributed by atoms with Crippen LogP contribution >= 0.6 is 23.2 Å². The van der Waals surface area contributed by atoms with E-state index in [1.54, 1.807) is 12.1 Å². The molecule has 0 amide bonds. The van der Waals surface area contributed by atoms with Gasteiger partial charge in [-0.05, 0) is 62.4 Å². The zero-order valence-corrected chi connectivity index (χ0v) is 19.6. The third-order valence-electron chi connectivity index (χ3n) is 6.62. The fourth-order valence-corrected chi connectivity index (χ4v) is 5.36. The molecule has 1 unspecified atom stereocenters. The maximum atomic E-state index is 11.9. The van der Waals surface area contributed by atoms with Crippen LogP contribution in [0.15, 0.2) is 48.5 Å². The van der Waals surface area contributed by atoms with Crippen molar-refractivity contribution in [3.63, 3.8) is 0 Å². The average molecular weight is 477 g/mol. The molecule has 2 saturated heterocycles. The summed E-state index contributed by atoms with van der Waals surface area (Å²) in [4.78, 5) is 16.5. The number of ether oxygens (including phenoxy) is 1. The van der Waals surface area contributed by atoms with Gasteiger partial charge in [-0.2, -0.15) is 0 Å². The number of carbonyl (C=O) groups is 1. The summed E-state index contributed by atoms with van der Waals surface area (Å²) in [6, 6.07) is 14.4. The van der Waals surface area contributed by atoms with Crippen LogP contribution < -0.4 is 4.74 Å². The predicted octanol–water partition coefficient (Wildman–Crippen LogP) is 5.37. The molecule has 7 heteroatoms. The molecular formula is C25H30Cl2N2O3. The highest BCUT2D eigenvalue weighted by atomic mass is 35.5. The number of carboxylic acids is 1. The molecule has 0 aromatic heterocycles. The Kier molecular flexibility index (Phi) is 7.95. The number of para-hydroxylation sites is 1. The molecule has 2 aromatic carbocycles. The Morgan fingerprint density at radius 2 is 1.56 bits per heavy atom. The number of halogens is 2. The molecule has 4 rings (SSSR count). The van der Waals surface area contributed by atoms with Crippen LogP contribution in [0.1, 0.15) is 37.3 Å². The molecule has 2 heterocycles. The number of hydrogen-bond donors (Lipinski definition) is 1. The van der Waals surface area contributed by atoms with Crippen LogP contribution in [-0.4, -0.2) is 59.7 Å². The highest BCUT2D eigenvalue weighted by Crippen LogP contribution is 2.35. The molecule has 172 valence electrons. The van der Waals surface area contributed by atoms with E-state index in [0.29, 0.717) is 21.7 Å². The standard InChI is InChI=1S/C25H30Cl2N2O3/c26-21-7-4-8-22(27)24(21)32-20-11-13-28(14-12-20)17-18-9-15-29(16-10-18)23(25(30)31)19-5-2-1-3-6-19/h1-8,18,20,23H,9-17H2,(H,30,31). The lowest BCUT2D eigenvalue weighted by Crippen LogP contribution is -2.45. The van der Waals surface area contributed by atoms with E-state index in [-0.39, 0.29) is 6.10 Å². The van der Waals surface area contributed by atoms with Crippen LogP contribution in [0.4, 0.5) is 0 Å². The Labute approximate surface area is 199 Å². The topological polar surface area (TPSA) is 53.0 Å². The van der Waals surface area contributed by atoms with Gasteiger partial charge in [0, 0.05) is 19.6 Å². The van der Waals surface area contributed by atoms with E-state index in [1.165, 1.54) is 0 Å². The SMILES string of the molecule is O=C(O)C(c1ccccc1)N1CCC(CN2CCC(Oc3c(Cl)cccc3Cl)CC2)CC1. The Hall–Kier alpha value is -1.79. The molecule has 2 aliphatic rings. The summed E-state index contributed by atoms with van der Waals surface area (Å²) < 4.78 is 6.11. The maximum absolute atomic E-state index is 11.9. The average Bonchev–Trinajstić information content (AvgIpc) is 2.79. The van der Waals surface area contributed by atoms with E-state index in [0.717, 1.165) is 64.0 Å². The quantitative estimate of drug-likeness (QED) is 0.581. The van der Waals surface area contributed by atoms with Crippen LogP contribution in [0.25, 0.3) is 0 Å². The van der Waals surface area contributed by atoms with Gasteiger partial charge in [-0.25, -0.2) is 0 Å². The van der Waals surface area contributed by atoms with Crippen LogP contribution in [0.5, 0.6) is 5.75 Å². The molecular weight excluding hydrogens is 447 g/mol. The van der Waals surface area contributed by atoms with Gasteiger partial charge in [-0.3, -0.25) is 9.69 Å². The summed E-state index contributed by atoms with van der Waals surface area (Å²) in [5.41, 5.74) is 0.860. The zero-order chi connectivity index (χ0) is 22.5. The molecule has 0 bridgehead atoms. The highest BCUT2D eigenvalue weighted by Gasteiger charge is 2.32. The minimum absolute atomic E-state index is 0.132. The van der Waals surface area contributed by atoms with Gasteiger partial charge in [-0.1, -0.05) is 59.6 Å². The van der Waals surface area contributed by atoms with Gasteiger partial charge in [0.15, 0.2) is 5.75 Å². The zero-order valence-electron chi connectivity index (χ0n) is 18.1. The van der Waals surface area contributed by atoms with Gasteiger partial charge in [0.1, 0.15) is 12.1 Å². The lowest BCUT2D eigenvalue weighted by atomic mass is 9.93. The number of hydrogen-bond acceptors (Lipinski definition) is 4. The fraction of sp³-hybridized carbons (Fsp3) is 0.480. The Bertz CT molecular complexity index is 875. The van der Waals surface area contributed by atoms with Gasteiger partial charge in [0.25, 0.3) is 0 Å². The van der Waals surface area contributed by atoms with Crippen molar-refractivity contribution >= 4 is 29.2 Å². The van der Waals surface area contributed by atoms with E-state index in [2.05, 4.69) is 9.80 Å². The largest absolute Gasteiger partial charge is 0.487 e. The second kappa shape index (κ2) is 10.9. The Balaban J connectivity index is 1.24. The minimum Gasteiger partial charge on any atom is -0.487 e. The van der Waals surface area contributed by atoms with Gasteiger partial charge < -0.3 is 14.7 Å². The van der Waals surface area contributed by atoms with E-state index in [4.69, 9.17) is 27.9 Å². The molecule has 2 fully saturated rings. The molecule has 0 aliphatic carbocycles. The van der Waals surface area contributed by atoms with Gasteiger partial charge in [0.2, 0.25) is 0 Å². The van der Waals surface area contributed by atoms with Gasteiger partial charge in [0.05, 0.1) is 10.0 Å². The van der Waals surface area contributed by atoms with E-state index >= 15 is 0 Å². The number of rotatable bonds is 7.